The van der Waals surface area contributed by atoms with Gasteiger partial charge in [-0.3, -0.25) is 4.79 Å². The first-order valence-corrected chi connectivity index (χ1v) is 8.38. The lowest BCUT2D eigenvalue weighted by Crippen LogP contribution is -2.10. The van der Waals surface area contributed by atoms with E-state index in [4.69, 9.17) is 16.3 Å². The van der Waals surface area contributed by atoms with Crippen LogP contribution in [0.3, 0.4) is 0 Å². The van der Waals surface area contributed by atoms with Crippen LogP contribution in [0.5, 0.6) is 5.75 Å². The third-order valence-electron chi connectivity index (χ3n) is 3.58. The van der Waals surface area contributed by atoms with Crippen molar-refractivity contribution in [2.24, 2.45) is 0 Å². The van der Waals surface area contributed by atoms with E-state index in [1.165, 1.54) is 19.2 Å². The summed E-state index contributed by atoms with van der Waals surface area (Å²) in [6.45, 7) is 1.68. The number of hydrogen-bond acceptors (Lipinski definition) is 6. The van der Waals surface area contributed by atoms with Crippen LogP contribution in [0.25, 0.3) is 21.3 Å². The van der Waals surface area contributed by atoms with Crippen molar-refractivity contribution >= 4 is 50.2 Å². The number of methoxy groups -OCH3 is 1. The van der Waals surface area contributed by atoms with Gasteiger partial charge in [-0.25, -0.2) is 9.78 Å². The van der Waals surface area contributed by atoms with E-state index in [0.717, 1.165) is 16.9 Å². The first kappa shape index (κ1) is 17.2. The molecule has 0 fully saturated rings. The Labute approximate surface area is 151 Å². The fourth-order valence-corrected chi connectivity index (χ4v) is 3.65. The maximum Gasteiger partial charge on any atom is 0.348 e. The number of phenols is 1. The molecule has 2 heterocycles. The van der Waals surface area contributed by atoms with Gasteiger partial charge in [0.2, 0.25) is 0 Å². The van der Waals surface area contributed by atoms with Gasteiger partial charge in [0.25, 0.3) is 5.56 Å². The van der Waals surface area contributed by atoms with Gasteiger partial charge in [0.15, 0.2) is 5.82 Å². The fraction of sp³-hybridized carbons (Fsp3) is 0.118. The molecule has 0 aliphatic carbocycles. The van der Waals surface area contributed by atoms with Crippen LogP contribution in [-0.4, -0.2) is 28.2 Å². The molecule has 2 aromatic heterocycles. The number of rotatable bonds is 3. The van der Waals surface area contributed by atoms with Crippen molar-refractivity contribution < 1.29 is 14.6 Å². The molecule has 0 saturated carbocycles. The molecule has 0 atom stereocenters. The van der Waals surface area contributed by atoms with Crippen molar-refractivity contribution in [2.75, 3.05) is 7.11 Å². The molecule has 0 unspecified atom stereocenters. The number of esters is 1. The summed E-state index contributed by atoms with van der Waals surface area (Å²) >= 11 is 7.35. The molecule has 2 N–H and O–H groups in total. The zero-order valence-corrected chi connectivity index (χ0v) is 14.9. The van der Waals surface area contributed by atoms with Crippen molar-refractivity contribution in [3.63, 3.8) is 0 Å². The second-order valence-electron chi connectivity index (χ2n) is 5.23. The number of fused-ring (bicyclic) bond motifs is 1. The predicted molar refractivity (Wildman–Crippen MR) is 98.1 cm³/mol. The Bertz CT molecular complexity index is 1050. The molecule has 0 aliphatic heterocycles. The number of ether oxygens (including phenoxy) is 1. The number of carbonyl (C=O) groups excluding carboxylic acids is 1. The molecule has 3 rings (SSSR count). The number of nitrogens with one attached hydrogen (secondary N) is 1. The molecule has 8 heteroatoms. The number of aromatic hydroxyl groups is 1. The Morgan fingerprint density at radius 3 is 2.68 bits per heavy atom. The zero-order chi connectivity index (χ0) is 18.1. The van der Waals surface area contributed by atoms with Crippen LogP contribution in [0.2, 0.25) is 0 Å². The van der Waals surface area contributed by atoms with E-state index in [1.54, 1.807) is 25.1 Å². The van der Waals surface area contributed by atoms with Gasteiger partial charge in [-0.1, -0.05) is 23.7 Å². The fourth-order valence-electron chi connectivity index (χ4n) is 2.33. The van der Waals surface area contributed by atoms with Gasteiger partial charge >= 0.3 is 5.97 Å². The van der Waals surface area contributed by atoms with Gasteiger partial charge < -0.3 is 14.8 Å². The van der Waals surface area contributed by atoms with E-state index >= 15 is 0 Å². The standard InChI is InChI=1S/C17H13ClN2O4S/c1-8-12-15(22)19-14(20-16(12)25-13(8)17(23)24-2)11(18)7-9-3-5-10(21)6-4-9/h3-7,21H,1-2H3,(H,19,20,22)/b11-7-. The third kappa shape index (κ3) is 3.29. The number of aryl methyl sites for hydroxylation is 1. The van der Waals surface area contributed by atoms with Gasteiger partial charge in [-0.2, -0.15) is 0 Å². The quantitative estimate of drug-likeness (QED) is 0.682. The Morgan fingerprint density at radius 1 is 1.36 bits per heavy atom. The van der Waals surface area contributed by atoms with Crippen LogP contribution in [-0.2, 0) is 4.74 Å². The lowest BCUT2D eigenvalue weighted by molar-refractivity contribution is 0.0605. The molecule has 0 aliphatic rings. The van der Waals surface area contributed by atoms with Crippen LogP contribution < -0.4 is 5.56 Å². The first-order chi connectivity index (χ1) is 11.9. The van der Waals surface area contributed by atoms with Crippen LogP contribution in [0.15, 0.2) is 29.1 Å². The normalized spacial score (nSPS) is 11.7. The zero-order valence-electron chi connectivity index (χ0n) is 13.3. The van der Waals surface area contributed by atoms with Crippen molar-refractivity contribution in [3.05, 3.63) is 56.4 Å². The highest BCUT2D eigenvalue weighted by Crippen LogP contribution is 2.29. The number of nitrogens with zero attached hydrogens (tertiary/aromatic N) is 1. The predicted octanol–water partition coefficient (Wildman–Crippen LogP) is 3.52. The summed E-state index contributed by atoms with van der Waals surface area (Å²) in [5, 5.41) is 9.89. The van der Waals surface area contributed by atoms with Gasteiger partial charge in [-0.05, 0) is 36.3 Å². The topological polar surface area (TPSA) is 92.3 Å². The highest BCUT2D eigenvalue weighted by molar-refractivity contribution is 7.20. The molecule has 128 valence electrons. The van der Waals surface area contributed by atoms with E-state index in [2.05, 4.69) is 9.97 Å². The van der Waals surface area contributed by atoms with E-state index in [9.17, 15) is 14.7 Å². The highest BCUT2D eigenvalue weighted by atomic mass is 35.5. The number of H-pyrrole nitrogens is 1. The van der Waals surface area contributed by atoms with Crippen LogP contribution in [0, 0.1) is 6.92 Å². The molecule has 3 aromatic rings. The van der Waals surface area contributed by atoms with E-state index in [1.807, 2.05) is 0 Å². The smallest absolute Gasteiger partial charge is 0.348 e. The number of benzene rings is 1. The Hall–Kier alpha value is -2.64. The first-order valence-electron chi connectivity index (χ1n) is 7.19. The third-order valence-corrected chi connectivity index (χ3v) is 5.04. The average Bonchev–Trinajstić information content (AvgIpc) is 2.93. The molecule has 6 nitrogen and oxygen atoms in total. The van der Waals surface area contributed by atoms with Crippen molar-refractivity contribution in [2.45, 2.75) is 6.92 Å². The maximum atomic E-state index is 12.4. The molecular formula is C17H13ClN2O4S. The monoisotopic (exact) mass is 376 g/mol. The lowest BCUT2D eigenvalue weighted by Gasteiger charge is -2.00. The summed E-state index contributed by atoms with van der Waals surface area (Å²) in [6, 6.07) is 6.42. The summed E-state index contributed by atoms with van der Waals surface area (Å²) < 4.78 is 4.73. The second kappa shape index (κ2) is 6.70. The summed E-state index contributed by atoms with van der Waals surface area (Å²) in [5.74, 6) is -0.164. The van der Waals surface area contributed by atoms with Gasteiger partial charge in [0.1, 0.15) is 15.5 Å². The molecule has 0 bridgehead atoms. The molecule has 0 radical (unpaired) electrons. The van der Waals surface area contributed by atoms with Crippen LogP contribution >= 0.6 is 22.9 Å². The minimum atomic E-state index is -0.507. The van der Waals surface area contributed by atoms with Crippen molar-refractivity contribution in [1.82, 2.24) is 9.97 Å². The van der Waals surface area contributed by atoms with Crippen LogP contribution in [0.4, 0.5) is 0 Å². The lowest BCUT2D eigenvalue weighted by atomic mass is 10.2. The summed E-state index contributed by atoms with van der Waals surface area (Å²) in [6.07, 6.45) is 1.62. The van der Waals surface area contributed by atoms with Gasteiger partial charge in [0, 0.05) is 0 Å². The Kier molecular flexibility index (Phi) is 4.61. The number of hydrogen-bond donors (Lipinski definition) is 2. The number of aromatic nitrogens is 2. The molecule has 25 heavy (non-hydrogen) atoms. The summed E-state index contributed by atoms with van der Waals surface area (Å²) in [4.78, 5) is 31.9. The van der Waals surface area contributed by atoms with Crippen molar-refractivity contribution in [1.29, 1.82) is 0 Å². The number of phenolic OH excluding ortho intramolecular Hbond substituents is 1. The minimum Gasteiger partial charge on any atom is -0.508 e. The number of thiophene rings is 1. The average molecular weight is 377 g/mol. The number of carbonyl (C=O) groups is 1. The molecular weight excluding hydrogens is 364 g/mol. The molecule has 0 saturated heterocycles. The van der Waals surface area contributed by atoms with E-state index < -0.39 is 5.97 Å². The second-order valence-corrected chi connectivity index (χ2v) is 6.63. The van der Waals surface area contributed by atoms with Crippen LogP contribution in [0.1, 0.15) is 26.6 Å². The van der Waals surface area contributed by atoms with E-state index in [0.29, 0.717) is 20.7 Å². The Balaban J connectivity index is 2.10. The summed E-state index contributed by atoms with van der Waals surface area (Å²) in [5.41, 5.74) is 0.898. The van der Waals surface area contributed by atoms with Gasteiger partial charge in [-0.15, -0.1) is 11.3 Å². The Morgan fingerprint density at radius 2 is 2.04 bits per heavy atom. The molecule has 1 aromatic carbocycles. The molecule has 0 spiro atoms. The highest BCUT2D eigenvalue weighted by Gasteiger charge is 2.20. The molecule has 0 amide bonds. The SMILES string of the molecule is COC(=O)c1sc2nc(/C(Cl)=C/c3ccc(O)cc3)[nH]c(=O)c2c1C. The van der Waals surface area contributed by atoms with E-state index in [-0.39, 0.29) is 22.2 Å². The van der Waals surface area contributed by atoms with Gasteiger partial charge in [0.05, 0.1) is 17.5 Å². The van der Waals surface area contributed by atoms with Crippen molar-refractivity contribution in [3.8, 4) is 5.75 Å². The number of halogens is 1. The minimum absolute atomic E-state index is 0.144. The number of aromatic amines is 1. The summed E-state index contributed by atoms with van der Waals surface area (Å²) in [7, 11) is 1.28. The largest absolute Gasteiger partial charge is 0.508 e. The maximum absolute atomic E-state index is 12.4.